The van der Waals surface area contributed by atoms with Gasteiger partial charge in [0.25, 0.3) is 0 Å². The van der Waals surface area contributed by atoms with Gasteiger partial charge in [-0.2, -0.15) is 61.5 Å². The van der Waals surface area contributed by atoms with E-state index in [9.17, 15) is 66.3 Å². The summed E-state index contributed by atoms with van der Waals surface area (Å²) in [5, 5.41) is 0. The largest absolute Gasteiger partial charge is 0.455 e. The van der Waals surface area contributed by atoms with Gasteiger partial charge in [0.2, 0.25) is 5.41 Å². The molecule has 1 heterocycles. The number of rotatable bonds is 3. The average Bonchev–Trinajstić information content (AvgIpc) is 2.66. The molecular weight excluding hydrogens is 582 g/mol. The van der Waals surface area contributed by atoms with E-state index in [1.165, 1.54) is 0 Å². The van der Waals surface area contributed by atoms with E-state index >= 15 is 0 Å². The lowest BCUT2D eigenvalue weighted by molar-refractivity contribution is -0.497. The molecule has 4 bridgehead atoms. The Kier molecular flexibility index (Phi) is 6.60. The minimum Gasteiger partial charge on any atom is -0.455 e. The predicted octanol–water partition coefficient (Wildman–Crippen LogP) is 6.73. The molecule has 0 aromatic carbocycles. The normalized spacial score (nSPS) is 37.0. The van der Waals surface area contributed by atoms with Gasteiger partial charge >= 0.3 is 36.6 Å². The zero-order valence-corrected chi connectivity index (χ0v) is 19.6. The summed E-state index contributed by atoms with van der Waals surface area (Å²) in [6, 6.07) is 0. The molecule has 5 rings (SSSR count). The minimum absolute atomic E-state index is 0.0515. The zero-order chi connectivity index (χ0) is 29.8. The first kappa shape index (κ1) is 30.4. The highest BCUT2D eigenvalue weighted by molar-refractivity contribution is 5.77. The SMILES string of the molecule is CC(F)(F)C(=O)OC12CC3CC(C1)C1(OCC(C(F)(F)F)(C(F)(F)F)C(C(C(F)(F)F)C(F)(F)F)O1)C(C3)C2. The van der Waals surface area contributed by atoms with Gasteiger partial charge in [-0.3, -0.25) is 0 Å². The van der Waals surface area contributed by atoms with Crippen molar-refractivity contribution in [3.05, 3.63) is 0 Å². The third kappa shape index (κ3) is 4.64. The van der Waals surface area contributed by atoms with E-state index in [4.69, 9.17) is 14.2 Å². The molecule has 39 heavy (non-hydrogen) atoms. The Bertz CT molecular complexity index is 932. The van der Waals surface area contributed by atoms with Crippen LogP contribution in [0.25, 0.3) is 0 Å². The molecule has 3 atom stereocenters. The van der Waals surface area contributed by atoms with Crippen molar-refractivity contribution in [1.82, 2.24) is 0 Å². The quantitative estimate of drug-likeness (QED) is 0.266. The van der Waals surface area contributed by atoms with Gasteiger partial charge in [0.05, 0.1) is 6.61 Å². The minimum atomic E-state index is -6.73. The van der Waals surface area contributed by atoms with Gasteiger partial charge in [-0.05, 0) is 38.0 Å². The highest BCUT2D eigenvalue weighted by Crippen LogP contribution is 2.68. The molecule has 4 nitrogen and oxygen atoms in total. The lowest BCUT2D eigenvalue weighted by atomic mass is 9.51. The molecular formula is C21H20F14O4. The van der Waals surface area contributed by atoms with Crippen LogP contribution in [0, 0.1) is 29.1 Å². The zero-order valence-electron chi connectivity index (χ0n) is 19.6. The summed E-state index contributed by atoms with van der Waals surface area (Å²) in [6.07, 6.45) is -33.0. The maximum absolute atomic E-state index is 14.0. The molecule has 3 unspecified atom stereocenters. The molecule has 18 heteroatoms. The summed E-state index contributed by atoms with van der Waals surface area (Å²) in [5.74, 6) is -17.4. The molecule has 0 radical (unpaired) electrons. The molecule has 226 valence electrons. The highest BCUT2D eigenvalue weighted by Gasteiger charge is 2.84. The van der Waals surface area contributed by atoms with Gasteiger partial charge < -0.3 is 14.2 Å². The van der Waals surface area contributed by atoms with Crippen LogP contribution in [-0.2, 0) is 19.0 Å². The fraction of sp³-hybridized carbons (Fsp3) is 0.952. The fourth-order valence-corrected chi connectivity index (χ4v) is 6.86. The van der Waals surface area contributed by atoms with E-state index in [-0.39, 0.29) is 26.2 Å². The molecule has 0 aromatic rings. The number of halogens is 14. The summed E-state index contributed by atoms with van der Waals surface area (Å²) in [6.45, 7) is -2.46. The Hall–Kier alpha value is -1.59. The lowest BCUT2D eigenvalue weighted by Crippen LogP contribution is -2.76. The Morgan fingerprint density at radius 2 is 1.26 bits per heavy atom. The van der Waals surface area contributed by atoms with E-state index in [1.54, 1.807) is 0 Å². The van der Waals surface area contributed by atoms with Crippen molar-refractivity contribution >= 4 is 5.97 Å². The third-order valence-electron chi connectivity index (χ3n) is 8.28. The number of carbonyl (C=O) groups excluding carboxylic acids is 1. The van der Waals surface area contributed by atoms with Crippen molar-refractivity contribution in [3.63, 3.8) is 0 Å². The molecule has 5 fully saturated rings. The first-order valence-corrected chi connectivity index (χ1v) is 11.5. The Morgan fingerprint density at radius 3 is 1.64 bits per heavy atom. The van der Waals surface area contributed by atoms with Gasteiger partial charge in [-0.15, -0.1) is 0 Å². The average molecular weight is 602 g/mol. The second kappa shape index (κ2) is 8.47. The standard InChI is InChI=1S/C21H20F14O4/c1-14(22,23)13(36)39-15-4-8-2-9(5-15)17(10(3-8)6-15)37-7-16(20(30,31)32,21(33,34)35)12(38-17)11(18(24,25)26)19(27,28)29/h8-12H,2-7H2,1H3. The smallest absolute Gasteiger partial charge is 0.408 e. The number of hydrogen-bond acceptors (Lipinski definition) is 4. The van der Waals surface area contributed by atoms with Crippen LogP contribution in [0.1, 0.15) is 39.0 Å². The fourth-order valence-electron chi connectivity index (χ4n) is 6.86. The van der Waals surface area contributed by atoms with Crippen molar-refractivity contribution in [3.8, 4) is 0 Å². The van der Waals surface area contributed by atoms with Crippen LogP contribution in [0.5, 0.6) is 0 Å². The van der Waals surface area contributed by atoms with Crippen molar-refractivity contribution in [2.24, 2.45) is 29.1 Å². The molecule has 4 saturated carbocycles. The predicted molar refractivity (Wildman–Crippen MR) is 96.7 cm³/mol. The van der Waals surface area contributed by atoms with Crippen LogP contribution in [0.15, 0.2) is 0 Å². The van der Waals surface area contributed by atoms with Crippen LogP contribution < -0.4 is 0 Å². The summed E-state index contributed by atoms with van der Waals surface area (Å²) < 4.78 is 207. The number of ether oxygens (including phenoxy) is 3. The third-order valence-corrected chi connectivity index (χ3v) is 8.28. The van der Waals surface area contributed by atoms with Crippen molar-refractivity contribution in [1.29, 1.82) is 0 Å². The van der Waals surface area contributed by atoms with E-state index in [0.29, 0.717) is 0 Å². The summed E-state index contributed by atoms with van der Waals surface area (Å²) in [7, 11) is 0. The monoisotopic (exact) mass is 602 g/mol. The maximum atomic E-state index is 14.0. The Labute approximate surface area is 210 Å². The first-order chi connectivity index (χ1) is 17.3. The molecule has 1 saturated heterocycles. The van der Waals surface area contributed by atoms with Crippen LogP contribution in [0.4, 0.5) is 61.5 Å². The van der Waals surface area contributed by atoms with E-state index in [2.05, 4.69) is 0 Å². The molecule has 5 aliphatic rings. The van der Waals surface area contributed by atoms with Crippen molar-refractivity contribution < 1.29 is 80.5 Å². The summed E-state index contributed by atoms with van der Waals surface area (Å²) in [5.41, 5.74) is -7.44. The molecule has 0 N–H and O–H groups in total. The molecule has 1 aliphatic heterocycles. The molecule has 0 aromatic heterocycles. The van der Waals surface area contributed by atoms with E-state index in [0.717, 1.165) is 0 Å². The maximum Gasteiger partial charge on any atom is 0.408 e. The second-order valence-corrected chi connectivity index (χ2v) is 10.9. The van der Waals surface area contributed by atoms with Gasteiger partial charge in [0, 0.05) is 18.8 Å². The topological polar surface area (TPSA) is 44.8 Å². The van der Waals surface area contributed by atoms with Crippen LogP contribution in [-0.4, -0.2) is 60.7 Å². The van der Waals surface area contributed by atoms with Gasteiger partial charge in [-0.25, -0.2) is 4.79 Å². The summed E-state index contributed by atoms with van der Waals surface area (Å²) in [4.78, 5) is 11.9. The van der Waals surface area contributed by atoms with Crippen molar-refractivity contribution in [2.45, 2.75) is 87.1 Å². The van der Waals surface area contributed by atoms with Crippen molar-refractivity contribution in [2.75, 3.05) is 6.61 Å². The molecule has 4 aliphatic carbocycles. The number of carbonyl (C=O) groups is 1. The van der Waals surface area contributed by atoms with Crippen LogP contribution in [0.3, 0.4) is 0 Å². The molecule has 1 spiro atoms. The second-order valence-electron chi connectivity index (χ2n) is 10.9. The number of alkyl halides is 14. The lowest BCUT2D eigenvalue weighted by Gasteiger charge is -2.66. The first-order valence-electron chi connectivity index (χ1n) is 11.5. The Morgan fingerprint density at radius 1 is 0.795 bits per heavy atom. The van der Waals surface area contributed by atoms with Gasteiger partial charge in [-0.1, -0.05) is 0 Å². The number of hydrogen-bond donors (Lipinski definition) is 0. The Balaban J connectivity index is 1.81. The van der Waals surface area contributed by atoms with Gasteiger partial charge in [0.15, 0.2) is 11.7 Å². The highest BCUT2D eigenvalue weighted by atomic mass is 19.4. The van der Waals surface area contributed by atoms with E-state index < -0.39 is 103 Å². The summed E-state index contributed by atoms with van der Waals surface area (Å²) >= 11 is 0. The van der Waals surface area contributed by atoms with Crippen LogP contribution >= 0.6 is 0 Å². The molecule has 0 amide bonds. The van der Waals surface area contributed by atoms with Crippen LogP contribution in [0.2, 0.25) is 0 Å². The van der Waals surface area contributed by atoms with Gasteiger partial charge in [0.1, 0.15) is 11.7 Å². The van der Waals surface area contributed by atoms with E-state index in [1.807, 2.05) is 0 Å². The number of esters is 1.